The van der Waals surface area contributed by atoms with E-state index in [1.165, 1.54) is 32.4 Å². The minimum Gasteiger partial charge on any atom is -0.871 e. The van der Waals surface area contributed by atoms with Crippen molar-refractivity contribution in [2.75, 3.05) is 19.5 Å². The molecule has 0 spiro atoms. The standard InChI is InChI=1S/2C26H22ClN3O6S.Ca/c2*1-3-15-12-17(37(33,34)35)14-20(27)23(15)29-30-24-18-9-5-4-8-16(18)13-19(25(24)31)26(32)28-21-10-6-7-11-22(21)36-2;/h2*4-14,31H,3H2,1-2H3,(H,28,32)(H,33,34,35);/q;;+2/p-2. The van der Waals surface area contributed by atoms with Crippen LogP contribution in [0.25, 0.3) is 21.5 Å². The Morgan fingerprint density at radius 2 is 1.05 bits per heavy atom. The largest absolute Gasteiger partial charge is 2.00 e. The average Bonchev–Trinajstić information content (AvgIpc) is 3.37. The van der Waals surface area contributed by atoms with Crippen LogP contribution in [0.15, 0.2) is 169 Å². The van der Waals surface area contributed by atoms with Gasteiger partial charge in [0.1, 0.15) is 34.2 Å². The predicted molar refractivity (Wildman–Crippen MR) is 285 cm³/mol. The Morgan fingerprint density at radius 3 is 1.57 bits per heavy atom. The summed E-state index contributed by atoms with van der Waals surface area (Å²) in [7, 11) is -6.03. The minimum atomic E-state index is -4.49. The third kappa shape index (κ3) is 13.2. The summed E-state index contributed by atoms with van der Waals surface area (Å²) in [5, 5.41) is 59.1. The number of nitrogens with one attached hydrogen (secondary N) is 1. The first kappa shape index (κ1) is 57.6. The molecule has 0 bridgehead atoms. The number of aromatic hydroxyl groups is 1. The van der Waals surface area contributed by atoms with Gasteiger partial charge in [0.25, 0.3) is 26.1 Å². The number of ether oxygens (including phenoxy) is 2. The van der Waals surface area contributed by atoms with Gasteiger partial charge in [-0.2, -0.15) is 21.9 Å². The Morgan fingerprint density at radius 1 is 0.613 bits per heavy atom. The number of rotatable bonds is 14. The predicted octanol–water partition coefficient (Wildman–Crippen LogP) is 11.5. The van der Waals surface area contributed by atoms with Crippen LogP contribution in [0.3, 0.4) is 0 Å². The van der Waals surface area contributed by atoms with Crippen LogP contribution in [-0.4, -0.2) is 94.8 Å². The van der Waals surface area contributed by atoms with Crippen molar-refractivity contribution in [2.45, 2.75) is 36.5 Å². The number of methoxy groups -OCH3 is 2. The van der Waals surface area contributed by atoms with Gasteiger partial charge >= 0.3 is 37.7 Å². The van der Waals surface area contributed by atoms with Crippen molar-refractivity contribution in [1.29, 1.82) is 0 Å². The zero-order chi connectivity index (χ0) is 53.5. The number of aliphatic imine (C=N–C) groups is 1. The second kappa shape index (κ2) is 24.7. The third-order valence-corrected chi connectivity index (χ3v) is 13.4. The van der Waals surface area contributed by atoms with E-state index in [0.717, 1.165) is 12.1 Å². The van der Waals surface area contributed by atoms with Crippen LogP contribution in [0.5, 0.6) is 23.0 Å². The van der Waals surface area contributed by atoms with Gasteiger partial charge in [-0.05, 0) is 107 Å². The average molecular weight is 1120 g/mol. The van der Waals surface area contributed by atoms with Crippen LogP contribution in [0.1, 0.15) is 40.9 Å². The zero-order valence-electron chi connectivity index (χ0n) is 40.1. The van der Waals surface area contributed by atoms with E-state index in [1.807, 2.05) is 0 Å². The first-order valence-corrected chi connectivity index (χ1v) is 25.7. The Labute approximate surface area is 470 Å². The number of hydrogen-bond acceptors (Lipinski definition) is 15. The number of amides is 1. The summed E-state index contributed by atoms with van der Waals surface area (Å²) in [4.78, 5) is 16.5. The molecule has 8 aromatic rings. The maximum absolute atomic E-state index is 13.4. The van der Waals surface area contributed by atoms with Crippen molar-refractivity contribution in [2.24, 2.45) is 25.4 Å². The summed E-state index contributed by atoms with van der Waals surface area (Å²) in [6, 6.07) is 35.0. The molecule has 8 rings (SSSR count). The fraction of sp³-hybridized carbons (Fsp3) is 0.115. The van der Waals surface area contributed by atoms with Crippen molar-refractivity contribution in [3.63, 3.8) is 0 Å². The molecule has 75 heavy (non-hydrogen) atoms. The number of azo groups is 2. The molecular formula is C52H42CaCl2N6O12S2. The number of benzene rings is 8. The van der Waals surface area contributed by atoms with Gasteiger partial charge in [0, 0.05) is 10.8 Å². The zero-order valence-corrected chi connectivity index (χ0v) is 45.5. The molecule has 18 nitrogen and oxygen atoms in total. The maximum Gasteiger partial charge on any atom is 2.00 e. The van der Waals surface area contributed by atoms with Crippen LogP contribution in [0.2, 0.25) is 10.0 Å². The first-order valence-electron chi connectivity index (χ1n) is 22.0. The molecule has 1 amide bonds. The molecule has 8 aromatic carbocycles. The molecule has 23 heteroatoms. The quantitative estimate of drug-likeness (QED) is 0.0260. The minimum absolute atomic E-state index is 0. The molecule has 380 valence electrons. The normalized spacial score (nSPS) is 11.9. The van der Waals surface area contributed by atoms with E-state index in [-0.39, 0.29) is 97.1 Å². The fourth-order valence-electron chi connectivity index (χ4n) is 7.51. The van der Waals surface area contributed by atoms with E-state index in [9.17, 15) is 46.1 Å². The Hall–Kier alpha value is -6.72. The molecule has 4 N–H and O–H groups in total. The van der Waals surface area contributed by atoms with Crippen molar-refractivity contribution < 1.29 is 55.5 Å². The number of nitrogens with zero attached hydrogens (tertiary/aromatic N) is 5. The van der Waals surface area contributed by atoms with Gasteiger partial charge in [-0.15, -0.1) is 15.3 Å². The number of carbonyl (C=O) groups is 1. The molecule has 0 aliphatic rings. The molecule has 0 aromatic heterocycles. The van der Waals surface area contributed by atoms with Gasteiger partial charge in [0.2, 0.25) is 0 Å². The number of halogens is 2. The van der Waals surface area contributed by atoms with Crippen LogP contribution >= 0.6 is 23.2 Å². The smallest absolute Gasteiger partial charge is 0.871 e. The first-order chi connectivity index (χ1) is 35.3. The van der Waals surface area contributed by atoms with Gasteiger partial charge in [-0.3, -0.25) is 18.9 Å². The maximum atomic E-state index is 13.4. The van der Waals surface area contributed by atoms with Gasteiger partial charge in [-0.25, -0.2) is 0 Å². The summed E-state index contributed by atoms with van der Waals surface area (Å²) in [5.41, 5.74) is 1.47. The summed E-state index contributed by atoms with van der Waals surface area (Å²) in [6.45, 7) is 3.50. The second-order valence-corrected chi connectivity index (χ2v) is 19.4. The van der Waals surface area contributed by atoms with Crippen molar-refractivity contribution in [3.05, 3.63) is 166 Å². The van der Waals surface area contributed by atoms with Crippen molar-refractivity contribution in [3.8, 4) is 23.0 Å². The van der Waals surface area contributed by atoms with Crippen molar-refractivity contribution >= 4 is 149 Å². The molecule has 0 saturated carbocycles. The van der Waals surface area contributed by atoms with Gasteiger partial charge in [-0.1, -0.05) is 116 Å². The van der Waals surface area contributed by atoms with Crippen LogP contribution < -0.4 is 25.0 Å². The van der Waals surface area contributed by atoms with Gasteiger partial charge in [0.05, 0.1) is 51.0 Å². The summed E-state index contributed by atoms with van der Waals surface area (Å²) in [5.74, 6) is -1.63. The van der Waals surface area contributed by atoms with Crippen LogP contribution in [0.4, 0.5) is 34.1 Å². The SMILES string of the molecule is CCc1cc(S(=O)(=O)O)cc(Cl)c1N=Nc1c(O)c(C(=O)Nc2ccccc2OC)cc2ccccc12.CCc1cc(S(=O)(=O)O)cc(Cl)c1N=Nc1c([O-])c(C([O-])=Nc2ccccc2OC)cc2ccccc12.[Ca+2]. The molecular weight excluding hydrogens is 1080 g/mol. The molecule has 0 aliphatic carbocycles. The second-order valence-electron chi connectivity index (χ2n) is 15.8. The fourth-order valence-corrected chi connectivity index (χ4v) is 9.31. The van der Waals surface area contributed by atoms with E-state index >= 15 is 0 Å². The molecule has 0 radical (unpaired) electrons. The number of carbonyl (C=O) groups excluding carboxylic acids is 1. The number of hydrogen-bond donors (Lipinski definition) is 4. The number of para-hydroxylation sites is 4. The summed E-state index contributed by atoms with van der Waals surface area (Å²) < 4.78 is 75.5. The van der Waals surface area contributed by atoms with Gasteiger partial charge < -0.3 is 30.1 Å². The summed E-state index contributed by atoms with van der Waals surface area (Å²) in [6.07, 6.45) is 0.657. The van der Waals surface area contributed by atoms with E-state index in [4.69, 9.17) is 32.7 Å². The molecule has 0 heterocycles. The van der Waals surface area contributed by atoms with Crippen molar-refractivity contribution in [1.82, 2.24) is 0 Å². The Bertz CT molecular complexity index is 3830. The molecule has 0 saturated heterocycles. The number of fused-ring (bicyclic) bond motifs is 2. The number of anilines is 1. The molecule has 0 atom stereocenters. The summed E-state index contributed by atoms with van der Waals surface area (Å²) >= 11 is 12.5. The Kier molecular flexibility index (Phi) is 19.0. The van der Waals surface area contributed by atoms with E-state index in [0.29, 0.717) is 62.7 Å². The number of phenolic OH excluding ortho intramolecular Hbond substituents is 1. The van der Waals surface area contributed by atoms with E-state index in [1.54, 1.807) is 117 Å². The molecule has 0 aliphatic heterocycles. The number of phenols is 1. The number of aryl methyl sites for hydroxylation is 2. The van der Waals surface area contributed by atoms with Crippen LogP contribution in [-0.2, 0) is 33.1 Å². The molecule has 0 unspecified atom stereocenters. The van der Waals surface area contributed by atoms with E-state index in [2.05, 4.69) is 30.8 Å². The third-order valence-electron chi connectivity index (χ3n) is 11.2. The Balaban J connectivity index is 0.000000241. The topological polar surface area (TPSA) is 284 Å². The monoisotopic (exact) mass is 1120 g/mol. The van der Waals surface area contributed by atoms with E-state index < -0.39 is 43.5 Å². The van der Waals surface area contributed by atoms with Gasteiger partial charge in [0.15, 0.2) is 5.75 Å². The van der Waals surface area contributed by atoms with Crippen LogP contribution in [0, 0.1) is 0 Å². The molecule has 0 fully saturated rings.